The summed E-state index contributed by atoms with van der Waals surface area (Å²) in [7, 11) is 1.84. The van der Waals surface area contributed by atoms with E-state index >= 15 is 0 Å². The van der Waals surface area contributed by atoms with E-state index in [0.717, 1.165) is 25.2 Å². The Labute approximate surface area is 82.9 Å². The molecule has 0 aliphatic rings. The molecule has 0 aliphatic carbocycles. The SMILES string of the molecule is CCN(C)/C(C)=C/C=C(\C)C(F)(F)F. The molecule has 0 aromatic heterocycles. The topological polar surface area (TPSA) is 3.24 Å². The first-order chi connectivity index (χ1) is 6.29. The van der Waals surface area contributed by atoms with Crippen molar-refractivity contribution in [2.45, 2.75) is 26.9 Å². The van der Waals surface area contributed by atoms with Crippen molar-refractivity contribution in [1.29, 1.82) is 0 Å². The Bertz CT molecular complexity index is 238. The minimum absolute atomic E-state index is 0.582. The van der Waals surface area contributed by atoms with E-state index in [4.69, 9.17) is 0 Å². The third kappa shape index (κ3) is 4.35. The quantitative estimate of drug-likeness (QED) is 0.641. The Morgan fingerprint density at radius 1 is 1.21 bits per heavy atom. The number of rotatable bonds is 3. The lowest BCUT2D eigenvalue weighted by molar-refractivity contribution is -0.0913. The second kappa shape index (κ2) is 5.08. The monoisotopic (exact) mass is 207 g/mol. The van der Waals surface area contributed by atoms with E-state index in [2.05, 4.69) is 0 Å². The largest absolute Gasteiger partial charge is 0.412 e. The van der Waals surface area contributed by atoms with Gasteiger partial charge in [0.1, 0.15) is 0 Å². The Morgan fingerprint density at radius 3 is 2.07 bits per heavy atom. The summed E-state index contributed by atoms with van der Waals surface area (Å²) in [5.74, 6) is 0. The van der Waals surface area contributed by atoms with Gasteiger partial charge in [-0.05, 0) is 26.8 Å². The predicted octanol–water partition coefficient (Wildman–Crippen LogP) is 3.35. The number of halogens is 3. The molecule has 0 aliphatic heterocycles. The van der Waals surface area contributed by atoms with Gasteiger partial charge in [-0.15, -0.1) is 0 Å². The first-order valence-corrected chi connectivity index (χ1v) is 4.42. The van der Waals surface area contributed by atoms with E-state index in [1.165, 1.54) is 6.08 Å². The van der Waals surface area contributed by atoms with E-state index in [-0.39, 0.29) is 0 Å². The number of hydrogen-bond donors (Lipinski definition) is 0. The zero-order valence-electron chi connectivity index (χ0n) is 8.94. The molecule has 0 saturated heterocycles. The van der Waals surface area contributed by atoms with Gasteiger partial charge in [-0.1, -0.05) is 6.08 Å². The van der Waals surface area contributed by atoms with Crippen LogP contribution in [0.25, 0.3) is 0 Å². The van der Waals surface area contributed by atoms with Gasteiger partial charge in [0.2, 0.25) is 0 Å². The summed E-state index contributed by atoms with van der Waals surface area (Å²) in [6.07, 6.45) is -1.64. The summed E-state index contributed by atoms with van der Waals surface area (Å²) in [6, 6.07) is 0. The third-order valence-electron chi connectivity index (χ3n) is 2.10. The molecular weight excluding hydrogens is 191 g/mol. The minimum Gasteiger partial charge on any atom is -0.378 e. The highest BCUT2D eigenvalue weighted by molar-refractivity contribution is 5.17. The average molecular weight is 207 g/mol. The van der Waals surface area contributed by atoms with Crippen LogP contribution < -0.4 is 0 Å². The van der Waals surface area contributed by atoms with Crippen LogP contribution in [0.2, 0.25) is 0 Å². The fraction of sp³-hybridized carbons (Fsp3) is 0.600. The highest BCUT2D eigenvalue weighted by atomic mass is 19.4. The van der Waals surface area contributed by atoms with Crippen molar-refractivity contribution in [3.63, 3.8) is 0 Å². The molecule has 0 heterocycles. The number of nitrogens with zero attached hydrogens (tertiary/aromatic N) is 1. The van der Waals surface area contributed by atoms with Crippen LogP contribution in [0.3, 0.4) is 0 Å². The maximum Gasteiger partial charge on any atom is 0.412 e. The molecule has 0 atom stereocenters. The van der Waals surface area contributed by atoms with E-state index in [1.54, 1.807) is 6.92 Å². The van der Waals surface area contributed by atoms with Crippen LogP contribution in [0.4, 0.5) is 13.2 Å². The standard InChI is InChI=1S/C10H16F3N/c1-5-14(4)9(3)7-6-8(2)10(11,12)13/h6-7H,5H2,1-4H3/b8-6+,9-7+. The van der Waals surface area contributed by atoms with E-state index in [1.807, 2.05) is 18.9 Å². The summed E-state index contributed by atoms with van der Waals surface area (Å²) < 4.78 is 36.2. The molecule has 0 radical (unpaired) electrons. The number of alkyl halides is 3. The van der Waals surface area contributed by atoms with Crippen molar-refractivity contribution >= 4 is 0 Å². The van der Waals surface area contributed by atoms with Crippen molar-refractivity contribution in [2.75, 3.05) is 13.6 Å². The molecule has 0 fully saturated rings. The lowest BCUT2D eigenvalue weighted by atomic mass is 10.2. The number of hydrogen-bond acceptors (Lipinski definition) is 1. The number of allylic oxidation sites excluding steroid dienone is 4. The van der Waals surface area contributed by atoms with Gasteiger partial charge in [0, 0.05) is 24.9 Å². The normalized spacial score (nSPS) is 14.5. The molecule has 0 saturated carbocycles. The molecule has 82 valence electrons. The molecule has 0 rings (SSSR count). The van der Waals surface area contributed by atoms with Gasteiger partial charge in [-0.25, -0.2) is 0 Å². The molecule has 14 heavy (non-hydrogen) atoms. The van der Waals surface area contributed by atoms with E-state index < -0.39 is 11.7 Å². The maximum absolute atomic E-state index is 12.1. The van der Waals surface area contributed by atoms with Crippen molar-refractivity contribution in [1.82, 2.24) is 4.90 Å². The fourth-order valence-electron chi connectivity index (χ4n) is 0.717. The molecule has 0 bridgehead atoms. The molecule has 0 spiro atoms. The van der Waals surface area contributed by atoms with Gasteiger partial charge < -0.3 is 4.90 Å². The van der Waals surface area contributed by atoms with Crippen LogP contribution in [0.15, 0.2) is 23.4 Å². The van der Waals surface area contributed by atoms with Crippen LogP contribution in [0.5, 0.6) is 0 Å². The Balaban J connectivity index is 4.55. The predicted molar refractivity (Wildman–Crippen MR) is 51.9 cm³/mol. The zero-order valence-corrected chi connectivity index (χ0v) is 8.94. The van der Waals surface area contributed by atoms with Crippen LogP contribution in [0.1, 0.15) is 20.8 Å². The summed E-state index contributed by atoms with van der Waals surface area (Å²) in [5.41, 5.74) is 0.234. The third-order valence-corrected chi connectivity index (χ3v) is 2.10. The lowest BCUT2D eigenvalue weighted by Crippen LogP contribution is -2.14. The van der Waals surface area contributed by atoms with Crippen LogP contribution in [-0.2, 0) is 0 Å². The highest BCUT2D eigenvalue weighted by Gasteiger charge is 2.29. The van der Waals surface area contributed by atoms with Gasteiger partial charge in [0.05, 0.1) is 0 Å². The Kier molecular flexibility index (Phi) is 4.74. The van der Waals surface area contributed by atoms with Crippen molar-refractivity contribution in [2.24, 2.45) is 0 Å². The van der Waals surface area contributed by atoms with Crippen molar-refractivity contribution in [3.8, 4) is 0 Å². The minimum atomic E-state index is -4.22. The van der Waals surface area contributed by atoms with Crippen molar-refractivity contribution in [3.05, 3.63) is 23.4 Å². The summed E-state index contributed by atoms with van der Waals surface area (Å²) in [4.78, 5) is 1.88. The van der Waals surface area contributed by atoms with Gasteiger partial charge in [-0.2, -0.15) is 13.2 Å². The van der Waals surface area contributed by atoms with Gasteiger partial charge in [-0.3, -0.25) is 0 Å². The second-order valence-electron chi connectivity index (χ2n) is 3.17. The molecule has 0 N–H and O–H groups in total. The summed E-state index contributed by atoms with van der Waals surface area (Å²) >= 11 is 0. The maximum atomic E-state index is 12.1. The lowest BCUT2D eigenvalue weighted by Gasteiger charge is -2.16. The zero-order chi connectivity index (χ0) is 11.4. The second-order valence-corrected chi connectivity index (χ2v) is 3.17. The molecule has 1 nitrogen and oxygen atoms in total. The first-order valence-electron chi connectivity index (χ1n) is 4.42. The Morgan fingerprint density at radius 2 is 1.71 bits per heavy atom. The highest BCUT2D eigenvalue weighted by Crippen LogP contribution is 2.24. The average Bonchev–Trinajstić information content (AvgIpc) is 2.10. The van der Waals surface area contributed by atoms with Crippen LogP contribution in [-0.4, -0.2) is 24.7 Å². The van der Waals surface area contributed by atoms with Gasteiger partial charge in [0.25, 0.3) is 0 Å². The first kappa shape index (κ1) is 13.1. The molecule has 0 aromatic rings. The van der Waals surface area contributed by atoms with Crippen molar-refractivity contribution < 1.29 is 13.2 Å². The molecule has 4 heteroatoms. The van der Waals surface area contributed by atoms with Crippen LogP contribution in [0, 0.1) is 0 Å². The molecule has 0 amide bonds. The van der Waals surface area contributed by atoms with Gasteiger partial charge >= 0.3 is 6.18 Å². The smallest absolute Gasteiger partial charge is 0.378 e. The molecule has 0 aromatic carbocycles. The van der Waals surface area contributed by atoms with Crippen LogP contribution >= 0.6 is 0 Å². The Hall–Kier alpha value is -0.930. The van der Waals surface area contributed by atoms with E-state index in [0.29, 0.717) is 0 Å². The fourth-order valence-corrected chi connectivity index (χ4v) is 0.717. The van der Waals surface area contributed by atoms with E-state index in [9.17, 15) is 13.2 Å². The van der Waals surface area contributed by atoms with Gasteiger partial charge in [0.15, 0.2) is 0 Å². The summed E-state index contributed by atoms with van der Waals surface area (Å²) in [6.45, 7) is 5.57. The molecule has 0 unspecified atom stereocenters. The summed E-state index contributed by atoms with van der Waals surface area (Å²) in [5, 5.41) is 0. The molecular formula is C10H16F3N.